The van der Waals surface area contributed by atoms with Gasteiger partial charge >= 0.3 is 6.18 Å². The lowest BCUT2D eigenvalue weighted by Gasteiger charge is -2.33. The highest BCUT2D eigenvalue weighted by Crippen LogP contribution is 2.40. The van der Waals surface area contributed by atoms with Gasteiger partial charge in [-0.05, 0) is 58.6 Å². The highest BCUT2D eigenvalue weighted by Gasteiger charge is 2.41. The predicted molar refractivity (Wildman–Crippen MR) is 124 cm³/mol. The van der Waals surface area contributed by atoms with E-state index in [-0.39, 0.29) is 5.56 Å². The van der Waals surface area contributed by atoms with E-state index >= 15 is 0 Å². The second-order valence-electron chi connectivity index (χ2n) is 9.40. The molecule has 1 aromatic carbocycles. The second kappa shape index (κ2) is 8.80. The van der Waals surface area contributed by atoms with Crippen LogP contribution in [-0.2, 0) is 21.8 Å². The van der Waals surface area contributed by atoms with E-state index in [1.54, 1.807) is 20.8 Å². The second-order valence-corrected chi connectivity index (χ2v) is 12.3. The Morgan fingerprint density at radius 3 is 2.37 bits per heavy atom. The first-order chi connectivity index (χ1) is 16.1. The SMILES string of the molecule is Cc1nc2sc(C(C)(C)O)nn2c1-c1ccc(C(F)(F)F)c(S(=O)(=O)N(C)[C@H]2CC[C@H](O)CC2)c1. The van der Waals surface area contributed by atoms with Gasteiger partial charge in [-0.3, -0.25) is 0 Å². The number of imidazole rings is 1. The first kappa shape index (κ1) is 26.0. The fourth-order valence-electron chi connectivity index (χ4n) is 4.32. The van der Waals surface area contributed by atoms with E-state index in [1.807, 2.05) is 0 Å². The molecule has 192 valence electrons. The summed E-state index contributed by atoms with van der Waals surface area (Å²) in [7, 11) is -3.24. The van der Waals surface area contributed by atoms with Crippen LogP contribution in [0.5, 0.6) is 0 Å². The molecule has 2 heterocycles. The van der Waals surface area contributed by atoms with Crippen LogP contribution >= 0.6 is 11.3 Å². The number of aliphatic hydroxyl groups is 2. The van der Waals surface area contributed by atoms with Crippen LogP contribution in [0, 0.1) is 6.92 Å². The summed E-state index contributed by atoms with van der Waals surface area (Å²) in [5.41, 5.74) is -1.48. The molecule has 2 N–H and O–H groups in total. The van der Waals surface area contributed by atoms with Crippen LogP contribution in [0.15, 0.2) is 23.1 Å². The highest BCUT2D eigenvalue weighted by molar-refractivity contribution is 7.89. The van der Waals surface area contributed by atoms with Crippen molar-refractivity contribution in [3.63, 3.8) is 0 Å². The van der Waals surface area contributed by atoms with Gasteiger partial charge < -0.3 is 10.2 Å². The highest BCUT2D eigenvalue weighted by atomic mass is 32.2. The number of alkyl halides is 3. The van der Waals surface area contributed by atoms with Crippen LogP contribution < -0.4 is 0 Å². The summed E-state index contributed by atoms with van der Waals surface area (Å²) in [6, 6.07) is 2.48. The number of rotatable bonds is 5. The topological polar surface area (TPSA) is 108 Å². The molecule has 0 atom stereocenters. The van der Waals surface area contributed by atoms with Gasteiger partial charge in [-0.15, -0.1) is 0 Å². The summed E-state index contributed by atoms with van der Waals surface area (Å²) in [5, 5.41) is 24.8. The lowest BCUT2D eigenvalue weighted by atomic mass is 9.93. The van der Waals surface area contributed by atoms with E-state index < -0.39 is 44.4 Å². The van der Waals surface area contributed by atoms with Crippen molar-refractivity contribution in [3.05, 3.63) is 34.5 Å². The van der Waals surface area contributed by atoms with Crippen molar-refractivity contribution >= 4 is 26.3 Å². The maximum Gasteiger partial charge on any atom is 0.417 e. The lowest BCUT2D eigenvalue weighted by Crippen LogP contribution is -2.40. The molecule has 0 unspecified atom stereocenters. The number of nitrogens with zero attached hydrogens (tertiary/aromatic N) is 4. The van der Waals surface area contributed by atoms with E-state index in [0.29, 0.717) is 47.0 Å². The molecule has 0 amide bonds. The van der Waals surface area contributed by atoms with Crippen molar-refractivity contribution in [3.8, 4) is 11.3 Å². The fraction of sp³-hybridized carbons (Fsp3) is 0.545. The van der Waals surface area contributed by atoms with Crippen molar-refractivity contribution in [2.45, 2.75) is 75.3 Å². The number of hydrogen-bond donors (Lipinski definition) is 2. The Hall–Kier alpha value is -2.06. The molecule has 1 saturated carbocycles. The zero-order valence-electron chi connectivity index (χ0n) is 19.7. The van der Waals surface area contributed by atoms with Gasteiger partial charge in [0.05, 0.1) is 28.0 Å². The van der Waals surface area contributed by atoms with Gasteiger partial charge in [0.1, 0.15) is 10.6 Å². The van der Waals surface area contributed by atoms with E-state index in [9.17, 15) is 31.8 Å². The van der Waals surface area contributed by atoms with Gasteiger partial charge in [0.2, 0.25) is 15.0 Å². The Balaban J connectivity index is 1.86. The third kappa shape index (κ3) is 4.84. The molecular formula is C22H27F3N4O4S2. The average molecular weight is 533 g/mol. The molecule has 1 aliphatic rings. The first-order valence-electron chi connectivity index (χ1n) is 11.1. The minimum Gasteiger partial charge on any atom is -0.393 e. The van der Waals surface area contributed by atoms with Gasteiger partial charge in [-0.1, -0.05) is 17.4 Å². The summed E-state index contributed by atoms with van der Waals surface area (Å²) in [5.74, 6) is 0. The van der Waals surface area contributed by atoms with Crippen molar-refractivity contribution < 1.29 is 31.8 Å². The third-order valence-corrected chi connectivity index (χ3v) is 9.47. The molecule has 1 fully saturated rings. The third-order valence-electron chi connectivity index (χ3n) is 6.30. The molecule has 0 saturated heterocycles. The average Bonchev–Trinajstić information content (AvgIpc) is 3.29. The number of sulfonamides is 1. The zero-order chi connectivity index (χ0) is 25.9. The molecule has 13 heteroatoms. The van der Waals surface area contributed by atoms with E-state index in [4.69, 9.17) is 0 Å². The number of halogens is 3. The maximum atomic E-state index is 13.9. The number of aromatic nitrogens is 3. The van der Waals surface area contributed by atoms with Gasteiger partial charge in [-0.25, -0.2) is 17.9 Å². The molecule has 8 nitrogen and oxygen atoms in total. The van der Waals surface area contributed by atoms with Crippen LogP contribution in [0.3, 0.4) is 0 Å². The van der Waals surface area contributed by atoms with Crippen LogP contribution in [0.1, 0.15) is 55.8 Å². The van der Waals surface area contributed by atoms with Crippen molar-refractivity contribution in [1.29, 1.82) is 0 Å². The lowest BCUT2D eigenvalue weighted by molar-refractivity contribution is -0.139. The van der Waals surface area contributed by atoms with Gasteiger partial charge in [-0.2, -0.15) is 22.6 Å². The van der Waals surface area contributed by atoms with Gasteiger partial charge in [0.25, 0.3) is 0 Å². The van der Waals surface area contributed by atoms with Gasteiger partial charge in [0.15, 0.2) is 0 Å². The fourth-order valence-corrected chi connectivity index (χ4v) is 6.92. The van der Waals surface area contributed by atoms with E-state index in [0.717, 1.165) is 27.8 Å². The van der Waals surface area contributed by atoms with Crippen molar-refractivity contribution in [1.82, 2.24) is 18.9 Å². The largest absolute Gasteiger partial charge is 0.417 e. The van der Waals surface area contributed by atoms with E-state index in [1.165, 1.54) is 17.6 Å². The normalized spacial score (nSPS) is 20.2. The molecule has 0 bridgehead atoms. The molecule has 1 aliphatic carbocycles. The number of benzene rings is 1. The smallest absolute Gasteiger partial charge is 0.393 e. The number of aliphatic hydroxyl groups excluding tert-OH is 1. The predicted octanol–water partition coefficient (Wildman–Crippen LogP) is 3.94. The monoisotopic (exact) mass is 532 g/mol. The van der Waals surface area contributed by atoms with Crippen LogP contribution in [0.25, 0.3) is 16.2 Å². The Kier molecular flexibility index (Phi) is 6.54. The maximum absolute atomic E-state index is 13.9. The summed E-state index contributed by atoms with van der Waals surface area (Å²) >= 11 is 1.14. The quantitative estimate of drug-likeness (QED) is 0.516. The standard InChI is InChI=1S/C22H27F3N4O4S2/c1-12-18(29-20(26-12)34-19(27-29)21(2,3)31)13-5-10-16(22(23,24)25)17(11-13)35(32,33)28(4)14-6-8-15(30)9-7-14/h5,10-11,14-15,30-31H,6-9H2,1-4H3/t14-,15-. The molecule has 0 aliphatic heterocycles. The molecular weight excluding hydrogens is 505 g/mol. The molecule has 0 spiro atoms. The number of hydrogen-bond acceptors (Lipinski definition) is 7. The Bertz CT molecular complexity index is 1350. The minimum absolute atomic E-state index is 0.210. The van der Waals surface area contributed by atoms with Gasteiger partial charge in [0, 0.05) is 18.7 Å². The summed E-state index contributed by atoms with van der Waals surface area (Å²) in [6.07, 6.45) is -3.93. The number of fused-ring (bicyclic) bond motifs is 1. The van der Waals surface area contributed by atoms with E-state index in [2.05, 4.69) is 10.1 Å². The molecule has 2 aromatic heterocycles. The summed E-state index contributed by atoms with van der Waals surface area (Å²) in [4.78, 5) is 3.99. The number of aryl methyl sites for hydroxylation is 1. The Morgan fingerprint density at radius 2 is 1.80 bits per heavy atom. The first-order valence-corrected chi connectivity index (χ1v) is 13.3. The molecule has 0 radical (unpaired) electrons. The molecule has 3 aromatic rings. The Labute approximate surface area is 205 Å². The van der Waals surface area contributed by atoms with Crippen molar-refractivity contribution in [2.24, 2.45) is 0 Å². The van der Waals surface area contributed by atoms with Crippen molar-refractivity contribution in [2.75, 3.05) is 7.05 Å². The molecule has 35 heavy (non-hydrogen) atoms. The zero-order valence-corrected chi connectivity index (χ0v) is 21.3. The Morgan fingerprint density at radius 1 is 1.17 bits per heavy atom. The summed E-state index contributed by atoms with van der Waals surface area (Å²) in [6.45, 7) is 4.77. The minimum atomic E-state index is -4.89. The summed E-state index contributed by atoms with van der Waals surface area (Å²) < 4.78 is 71.1. The molecule has 4 rings (SSSR count). The van der Waals surface area contributed by atoms with Crippen LogP contribution in [0.4, 0.5) is 13.2 Å². The van der Waals surface area contributed by atoms with Crippen LogP contribution in [0.2, 0.25) is 0 Å². The van der Waals surface area contributed by atoms with Crippen LogP contribution in [-0.4, -0.2) is 56.7 Å².